The van der Waals surface area contributed by atoms with Crippen LogP contribution in [0.3, 0.4) is 0 Å². The average Bonchev–Trinajstić information content (AvgIpc) is 2.48. The van der Waals surface area contributed by atoms with Crippen LogP contribution in [-0.2, 0) is 9.53 Å². The second-order valence-electron chi connectivity index (χ2n) is 4.90. The SMILES string of the molecule is Cc1cccc(C)c1NC(=O)COC(=O)c1cccc(I)c1. The van der Waals surface area contributed by atoms with E-state index >= 15 is 0 Å². The molecular formula is C17H16INO3. The summed E-state index contributed by atoms with van der Waals surface area (Å²) in [6.07, 6.45) is 0. The number of rotatable bonds is 4. The van der Waals surface area contributed by atoms with Crippen LogP contribution in [0.4, 0.5) is 5.69 Å². The summed E-state index contributed by atoms with van der Waals surface area (Å²) in [6, 6.07) is 12.8. The van der Waals surface area contributed by atoms with E-state index in [2.05, 4.69) is 27.9 Å². The summed E-state index contributed by atoms with van der Waals surface area (Å²) in [5.74, 6) is -0.855. The molecule has 0 aliphatic carbocycles. The van der Waals surface area contributed by atoms with Crippen LogP contribution in [0.1, 0.15) is 21.5 Å². The highest BCUT2D eigenvalue weighted by Crippen LogP contribution is 2.19. The third-order valence-corrected chi connectivity index (χ3v) is 3.81. The lowest BCUT2D eigenvalue weighted by Gasteiger charge is -2.11. The summed E-state index contributed by atoms with van der Waals surface area (Å²) in [7, 11) is 0. The summed E-state index contributed by atoms with van der Waals surface area (Å²) in [5, 5.41) is 2.78. The molecule has 22 heavy (non-hydrogen) atoms. The van der Waals surface area contributed by atoms with E-state index in [1.54, 1.807) is 18.2 Å². The lowest BCUT2D eigenvalue weighted by molar-refractivity contribution is -0.119. The largest absolute Gasteiger partial charge is 0.452 e. The first kappa shape index (κ1) is 16.5. The quantitative estimate of drug-likeness (QED) is 0.619. The van der Waals surface area contributed by atoms with Gasteiger partial charge in [0.05, 0.1) is 5.56 Å². The van der Waals surface area contributed by atoms with Gasteiger partial charge in [-0.1, -0.05) is 24.3 Å². The van der Waals surface area contributed by atoms with Gasteiger partial charge in [-0.05, 0) is 65.8 Å². The van der Waals surface area contributed by atoms with Crippen molar-refractivity contribution in [2.24, 2.45) is 0 Å². The molecule has 2 rings (SSSR count). The number of carbonyl (C=O) groups excluding carboxylic acids is 2. The molecule has 0 saturated carbocycles. The van der Waals surface area contributed by atoms with Gasteiger partial charge >= 0.3 is 5.97 Å². The van der Waals surface area contributed by atoms with Gasteiger partial charge in [-0.2, -0.15) is 0 Å². The highest BCUT2D eigenvalue weighted by atomic mass is 127. The summed E-state index contributed by atoms with van der Waals surface area (Å²) in [5.41, 5.74) is 3.14. The van der Waals surface area contributed by atoms with E-state index in [4.69, 9.17) is 4.74 Å². The van der Waals surface area contributed by atoms with Gasteiger partial charge in [-0.25, -0.2) is 4.79 Å². The standard InChI is InChI=1S/C17H16INO3/c1-11-5-3-6-12(2)16(11)19-15(20)10-22-17(21)13-7-4-8-14(18)9-13/h3-9H,10H2,1-2H3,(H,19,20). The van der Waals surface area contributed by atoms with Crippen molar-refractivity contribution in [2.75, 3.05) is 11.9 Å². The van der Waals surface area contributed by atoms with Gasteiger partial charge in [0.2, 0.25) is 0 Å². The fourth-order valence-corrected chi connectivity index (χ4v) is 2.56. The van der Waals surface area contributed by atoms with E-state index in [9.17, 15) is 9.59 Å². The molecule has 0 radical (unpaired) electrons. The Kier molecular flexibility index (Phi) is 5.54. The number of amides is 1. The molecule has 0 aromatic heterocycles. The van der Waals surface area contributed by atoms with Crippen LogP contribution in [0.2, 0.25) is 0 Å². The Labute approximate surface area is 143 Å². The molecule has 0 spiro atoms. The zero-order valence-electron chi connectivity index (χ0n) is 12.4. The fraction of sp³-hybridized carbons (Fsp3) is 0.176. The number of anilines is 1. The van der Waals surface area contributed by atoms with Gasteiger partial charge in [-0.15, -0.1) is 0 Å². The van der Waals surface area contributed by atoms with E-state index in [0.717, 1.165) is 20.4 Å². The van der Waals surface area contributed by atoms with Crippen LogP contribution < -0.4 is 5.32 Å². The zero-order chi connectivity index (χ0) is 16.1. The number of benzene rings is 2. The highest BCUT2D eigenvalue weighted by Gasteiger charge is 2.12. The van der Waals surface area contributed by atoms with E-state index < -0.39 is 5.97 Å². The molecule has 2 aromatic rings. The number of aryl methyl sites for hydroxylation is 2. The van der Waals surface area contributed by atoms with Crippen molar-refractivity contribution in [3.05, 3.63) is 62.7 Å². The Bertz CT molecular complexity index is 693. The highest BCUT2D eigenvalue weighted by molar-refractivity contribution is 14.1. The number of nitrogens with one attached hydrogen (secondary N) is 1. The smallest absolute Gasteiger partial charge is 0.338 e. The summed E-state index contributed by atoms with van der Waals surface area (Å²) in [6.45, 7) is 3.53. The Hall–Kier alpha value is -1.89. The Morgan fingerprint density at radius 3 is 2.36 bits per heavy atom. The van der Waals surface area contributed by atoms with Gasteiger partial charge in [0.15, 0.2) is 6.61 Å². The summed E-state index contributed by atoms with van der Waals surface area (Å²) >= 11 is 2.12. The first-order chi connectivity index (χ1) is 10.5. The molecule has 0 aliphatic rings. The Morgan fingerprint density at radius 2 is 1.73 bits per heavy atom. The molecule has 114 valence electrons. The van der Waals surface area contributed by atoms with Crippen LogP contribution >= 0.6 is 22.6 Å². The molecular weight excluding hydrogens is 393 g/mol. The van der Waals surface area contributed by atoms with Crippen LogP contribution in [0.25, 0.3) is 0 Å². The minimum Gasteiger partial charge on any atom is -0.452 e. The van der Waals surface area contributed by atoms with Gasteiger partial charge in [0.25, 0.3) is 5.91 Å². The van der Waals surface area contributed by atoms with Crippen molar-refractivity contribution in [1.29, 1.82) is 0 Å². The Balaban J connectivity index is 1.94. The fourth-order valence-electron chi connectivity index (χ4n) is 2.02. The number of carbonyl (C=O) groups is 2. The maximum atomic E-state index is 11.9. The van der Waals surface area contributed by atoms with Crippen molar-refractivity contribution >= 4 is 40.2 Å². The van der Waals surface area contributed by atoms with Crippen molar-refractivity contribution in [3.8, 4) is 0 Å². The van der Waals surface area contributed by atoms with E-state index in [0.29, 0.717) is 5.56 Å². The average molecular weight is 409 g/mol. The minimum absolute atomic E-state index is 0.307. The zero-order valence-corrected chi connectivity index (χ0v) is 14.5. The van der Waals surface area contributed by atoms with Crippen molar-refractivity contribution < 1.29 is 14.3 Å². The molecule has 4 nitrogen and oxygen atoms in total. The first-order valence-corrected chi connectivity index (χ1v) is 7.84. The lowest BCUT2D eigenvalue weighted by atomic mass is 10.1. The monoisotopic (exact) mass is 409 g/mol. The summed E-state index contributed by atoms with van der Waals surface area (Å²) < 4.78 is 5.98. The third-order valence-electron chi connectivity index (χ3n) is 3.14. The molecule has 0 saturated heterocycles. The maximum Gasteiger partial charge on any atom is 0.338 e. The minimum atomic E-state index is -0.504. The van der Waals surface area contributed by atoms with Crippen molar-refractivity contribution in [2.45, 2.75) is 13.8 Å². The molecule has 1 amide bonds. The molecule has 0 bridgehead atoms. The molecule has 0 heterocycles. The number of ether oxygens (including phenoxy) is 1. The van der Waals surface area contributed by atoms with Crippen molar-refractivity contribution in [3.63, 3.8) is 0 Å². The molecule has 0 aliphatic heterocycles. The van der Waals surface area contributed by atoms with Crippen LogP contribution in [0.5, 0.6) is 0 Å². The molecule has 0 atom stereocenters. The third kappa shape index (κ3) is 4.30. The molecule has 1 N–H and O–H groups in total. The molecule has 5 heteroatoms. The van der Waals surface area contributed by atoms with Crippen molar-refractivity contribution in [1.82, 2.24) is 0 Å². The Morgan fingerprint density at radius 1 is 1.09 bits per heavy atom. The predicted octanol–water partition coefficient (Wildman–Crippen LogP) is 3.70. The van der Waals surface area contributed by atoms with Crippen LogP contribution in [0.15, 0.2) is 42.5 Å². The number of hydrogen-bond donors (Lipinski definition) is 1. The van der Waals surface area contributed by atoms with Gasteiger partial charge in [0.1, 0.15) is 0 Å². The molecule has 2 aromatic carbocycles. The van der Waals surface area contributed by atoms with Gasteiger partial charge in [-0.3, -0.25) is 4.79 Å². The lowest BCUT2D eigenvalue weighted by Crippen LogP contribution is -2.21. The topological polar surface area (TPSA) is 55.4 Å². The first-order valence-electron chi connectivity index (χ1n) is 6.76. The van der Waals surface area contributed by atoms with Crippen LogP contribution in [0, 0.1) is 17.4 Å². The number of esters is 1. The van der Waals surface area contributed by atoms with Crippen LogP contribution in [-0.4, -0.2) is 18.5 Å². The molecule has 0 unspecified atom stereocenters. The predicted molar refractivity (Wildman–Crippen MR) is 94.0 cm³/mol. The number of halogens is 1. The maximum absolute atomic E-state index is 11.9. The van der Waals surface area contributed by atoms with Gasteiger partial charge in [0, 0.05) is 9.26 Å². The van der Waals surface area contributed by atoms with E-state index in [-0.39, 0.29) is 12.5 Å². The van der Waals surface area contributed by atoms with E-state index in [1.165, 1.54) is 0 Å². The summed E-state index contributed by atoms with van der Waals surface area (Å²) in [4.78, 5) is 23.8. The normalized spacial score (nSPS) is 10.1. The number of para-hydroxylation sites is 1. The molecule has 0 fully saturated rings. The second kappa shape index (κ2) is 7.40. The van der Waals surface area contributed by atoms with E-state index in [1.807, 2.05) is 38.1 Å². The van der Waals surface area contributed by atoms with Gasteiger partial charge < -0.3 is 10.1 Å². The second-order valence-corrected chi connectivity index (χ2v) is 6.15. The number of hydrogen-bond acceptors (Lipinski definition) is 3.